The number of non-ortho nitro benzene ring substituents is 1. The van der Waals surface area contributed by atoms with Gasteiger partial charge in [0.25, 0.3) is 11.6 Å². The summed E-state index contributed by atoms with van der Waals surface area (Å²) in [4.78, 5) is 34.6. The average Bonchev–Trinajstić information content (AvgIpc) is 2.62. The lowest BCUT2D eigenvalue weighted by molar-refractivity contribution is -0.384. The number of benzene rings is 2. The van der Waals surface area contributed by atoms with Crippen LogP contribution in [0.2, 0.25) is 5.02 Å². The molecule has 0 aliphatic carbocycles. The largest absolute Gasteiger partial charge is 0.455 e. The van der Waals surface area contributed by atoms with Crippen LogP contribution in [0.1, 0.15) is 25.3 Å². The number of hydrogen-bond acceptors (Lipinski definition) is 5. The van der Waals surface area contributed by atoms with E-state index >= 15 is 0 Å². The van der Waals surface area contributed by atoms with Crippen molar-refractivity contribution < 1.29 is 19.2 Å². The van der Waals surface area contributed by atoms with Gasteiger partial charge in [0, 0.05) is 22.8 Å². The van der Waals surface area contributed by atoms with Gasteiger partial charge < -0.3 is 10.1 Å². The molecule has 142 valence electrons. The molecule has 0 saturated heterocycles. The van der Waals surface area contributed by atoms with Crippen molar-refractivity contribution in [1.29, 1.82) is 0 Å². The number of nitrogens with one attached hydrogen (secondary N) is 1. The number of rotatable bonds is 7. The van der Waals surface area contributed by atoms with E-state index in [1.54, 1.807) is 24.3 Å². The van der Waals surface area contributed by atoms with Crippen molar-refractivity contribution >= 4 is 34.9 Å². The van der Waals surface area contributed by atoms with Crippen LogP contribution < -0.4 is 5.32 Å². The van der Waals surface area contributed by atoms with Crippen LogP contribution in [-0.2, 0) is 14.3 Å². The Kier molecular flexibility index (Phi) is 6.90. The maximum atomic E-state index is 12.4. The predicted octanol–water partition coefficient (Wildman–Crippen LogP) is 4.17. The average molecular weight is 391 g/mol. The first kappa shape index (κ1) is 20.4. The zero-order valence-electron chi connectivity index (χ0n) is 14.8. The van der Waals surface area contributed by atoms with E-state index in [0.717, 1.165) is 5.56 Å². The molecule has 0 radical (unpaired) electrons. The first-order valence-electron chi connectivity index (χ1n) is 8.24. The molecule has 0 aliphatic heterocycles. The van der Waals surface area contributed by atoms with E-state index in [1.807, 2.05) is 13.8 Å². The summed E-state index contributed by atoms with van der Waals surface area (Å²) < 4.78 is 5.14. The smallest absolute Gasteiger partial charge is 0.314 e. The van der Waals surface area contributed by atoms with Crippen LogP contribution in [-0.4, -0.2) is 23.4 Å². The number of carbonyl (C=O) groups excluding carboxylic acids is 2. The van der Waals surface area contributed by atoms with Crippen molar-refractivity contribution in [2.45, 2.75) is 19.8 Å². The number of esters is 1. The maximum Gasteiger partial charge on any atom is 0.314 e. The molecule has 0 bridgehead atoms. The van der Waals surface area contributed by atoms with Gasteiger partial charge in [0.05, 0.1) is 10.8 Å². The summed E-state index contributed by atoms with van der Waals surface area (Å²) in [5.41, 5.74) is 0.856. The van der Waals surface area contributed by atoms with E-state index in [1.165, 1.54) is 24.3 Å². The summed E-state index contributed by atoms with van der Waals surface area (Å²) in [6.07, 6.45) is 0. The van der Waals surface area contributed by atoms with Crippen LogP contribution in [0.25, 0.3) is 0 Å². The monoisotopic (exact) mass is 390 g/mol. The van der Waals surface area contributed by atoms with E-state index in [4.69, 9.17) is 16.3 Å². The fraction of sp³-hybridized carbons (Fsp3) is 0.263. The summed E-state index contributed by atoms with van der Waals surface area (Å²) >= 11 is 5.87. The maximum absolute atomic E-state index is 12.4. The standard InChI is InChI=1S/C19H19ClN2O5/c1-12(2)18(13-6-8-14(20)9-7-13)19(24)27-11-17(23)21-15-4-3-5-16(10-15)22(25)26/h3-10,12,18H,11H2,1-2H3,(H,21,23)/t18-/m1/s1. The zero-order valence-corrected chi connectivity index (χ0v) is 15.6. The zero-order chi connectivity index (χ0) is 20.0. The van der Waals surface area contributed by atoms with Gasteiger partial charge in [0.1, 0.15) is 0 Å². The summed E-state index contributed by atoms with van der Waals surface area (Å²) in [7, 11) is 0. The molecule has 0 aromatic heterocycles. The van der Waals surface area contributed by atoms with Gasteiger partial charge in [0.15, 0.2) is 6.61 Å². The fourth-order valence-corrected chi connectivity index (χ4v) is 2.71. The Morgan fingerprint density at radius 2 is 1.85 bits per heavy atom. The molecule has 8 heteroatoms. The highest BCUT2D eigenvalue weighted by Crippen LogP contribution is 2.27. The van der Waals surface area contributed by atoms with Crippen molar-refractivity contribution in [3.8, 4) is 0 Å². The van der Waals surface area contributed by atoms with Gasteiger partial charge in [-0.25, -0.2) is 0 Å². The number of ether oxygens (including phenoxy) is 1. The molecule has 2 aromatic rings. The predicted molar refractivity (Wildman–Crippen MR) is 102 cm³/mol. The second kappa shape index (κ2) is 9.14. The number of halogens is 1. The van der Waals surface area contributed by atoms with Gasteiger partial charge in [-0.3, -0.25) is 19.7 Å². The molecular weight excluding hydrogens is 372 g/mol. The van der Waals surface area contributed by atoms with Gasteiger partial charge in [-0.1, -0.05) is 43.6 Å². The molecule has 7 nitrogen and oxygen atoms in total. The number of carbonyl (C=O) groups is 2. The third-order valence-electron chi connectivity index (χ3n) is 3.84. The Bertz CT molecular complexity index is 836. The van der Waals surface area contributed by atoms with Crippen molar-refractivity contribution in [3.63, 3.8) is 0 Å². The van der Waals surface area contributed by atoms with Gasteiger partial charge in [-0.15, -0.1) is 0 Å². The molecule has 2 aromatic carbocycles. The Hall–Kier alpha value is -2.93. The van der Waals surface area contributed by atoms with Crippen LogP contribution in [0.5, 0.6) is 0 Å². The normalized spacial score (nSPS) is 11.7. The number of hydrogen-bond donors (Lipinski definition) is 1. The van der Waals surface area contributed by atoms with Crippen LogP contribution in [0.4, 0.5) is 11.4 Å². The molecule has 2 rings (SSSR count). The number of nitro benzene ring substituents is 1. The molecule has 27 heavy (non-hydrogen) atoms. The van der Waals surface area contributed by atoms with E-state index in [2.05, 4.69) is 5.32 Å². The Morgan fingerprint density at radius 1 is 1.19 bits per heavy atom. The lowest BCUT2D eigenvalue weighted by atomic mass is 9.88. The molecule has 0 fully saturated rings. The minimum Gasteiger partial charge on any atom is -0.455 e. The molecule has 0 spiro atoms. The van der Waals surface area contributed by atoms with E-state index in [0.29, 0.717) is 5.02 Å². The number of amides is 1. The van der Waals surface area contributed by atoms with Crippen molar-refractivity contribution in [1.82, 2.24) is 0 Å². The number of nitro groups is 1. The second-order valence-corrected chi connectivity index (χ2v) is 6.67. The summed E-state index contributed by atoms with van der Waals surface area (Å²) in [6, 6.07) is 12.4. The molecule has 1 atom stereocenters. The lowest BCUT2D eigenvalue weighted by Crippen LogP contribution is -2.26. The molecule has 0 unspecified atom stereocenters. The lowest BCUT2D eigenvalue weighted by Gasteiger charge is -2.19. The van der Waals surface area contributed by atoms with E-state index in [9.17, 15) is 19.7 Å². The van der Waals surface area contributed by atoms with Crippen LogP contribution in [0, 0.1) is 16.0 Å². The Balaban J connectivity index is 1.98. The Morgan fingerprint density at radius 3 is 2.44 bits per heavy atom. The highest BCUT2D eigenvalue weighted by atomic mass is 35.5. The van der Waals surface area contributed by atoms with E-state index in [-0.39, 0.29) is 17.3 Å². The first-order valence-corrected chi connectivity index (χ1v) is 8.62. The summed E-state index contributed by atoms with van der Waals surface area (Å²) in [5, 5.41) is 13.8. The Labute approximate surface area is 161 Å². The van der Waals surface area contributed by atoms with E-state index < -0.39 is 29.3 Å². The van der Waals surface area contributed by atoms with Crippen LogP contribution in [0.3, 0.4) is 0 Å². The SMILES string of the molecule is CC(C)[C@@H](C(=O)OCC(=O)Nc1cccc([N+](=O)[O-])c1)c1ccc(Cl)cc1. The molecule has 1 N–H and O–H groups in total. The summed E-state index contributed by atoms with van der Waals surface area (Å²) in [6.45, 7) is 3.27. The molecule has 0 heterocycles. The second-order valence-electron chi connectivity index (χ2n) is 6.24. The van der Waals surface area contributed by atoms with Crippen molar-refractivity contribution in [2.24, 2.45) is 5.92 Å². The molecule has 1 amide bonds. The van der Waals surface area contributed by atoms with Crippen molar-refractivity contribution in [3.05, 3.63) is 69.2 Å². The number of anilines is 1. The van der Waals surface area contributed by atoms with Crippen LogP contribution >= 0.6 is 11.6 Å². The molecule has 0 saturated carbocycles. The highest BCUT2D eigenvalue weighted by molar-refractivity contribution is 6.30. The van der Waals surface area contributed by atoms with Gasteiger partial charge in [-0.05, 0) is 29.7 Å². The minimum atomic E-state index is -0.581. The van der Waals surface area contributed by atoms with Gasteiger partial charge in [-0.2, -0.15) is 0 Å². The quantitative estimate of drug-likeness (QED) is 0.434. The van der Waals surface area contributed by atoms with Crippen LogP contribution in [0.15, 0.2) is 48.5 Å². The highest BCUT2D eigenvalue weighted by Gasteiger charge is 2.26. The third kappa shape index (κ3) is 5.79. The minimum absolute atomic E-state index is 0.0430. The molecule has 0 aliphatic rings. The topological polar surface area (TPSA) is 98.5 Å². The number of nitrogens with zero attached hydrogens (tertiary/aromatic N) is 1. The van der Waals surface area contributed by atoms with Crippen molar-refractivity contribution in [2.75, 3.05) is 11.9 Å². The molecular formula is C19H19ClN2O5. The first-order chi connectivity index (χ1) is 12.8. The summed E-state index contributed by atoms with van der Waals surface area (Å²) in [5.74, 6) is -1.68. The fourth-order valence-electron chi connectivity index (χ4n) is 2.58. The van der Waals surface area contributed by atoms with Gasteiger partial charge >= 0.3 is 5.97 Å². The third-order valence-corrected chi connectivity index (χ3v) is 4.09. The van der Waals surface area contributed by atoms with Gasteiger partial charge in [0.2, 0.25) is 0 Å².